The first-order valence-electron chi connectivity index (χ1n) is 38.2. The quantitative estimate of drug-likeness (QED) is 0.127. The summed E-state index contributed by atoms with van der Waals surface area (Å²) in [7, 11) is 2.87. The molecule has 108 heavy (non-hydrogen) atoms. The lowest BCUT2D eigenvalue weighted by atomic mass is 9.86. The van der Waals surface area contributed by atoms with E-state index < -0.39 is 216 Å². The smallest absolute Gasteiger partial charge is 0.260 e. The van der Waals surface area contributed by atoms with E-state index in [9.17, 15) is 59.1 Å². The van der Waals surface area contributed by atoms with Crippen LogP contribution in [0.15, 0.2) is 36.4 Å². The summed E-state index contributed by atoms with van der Waals surface area (Å²) >= 11 is 0. The monoisotopic (exact) mass is 1510 g/mol. The van der Waals surface area contributed by atoms with Crippen molar-refractivity contribution in [2.45, 2.75) is 256 Å². The number of rotatable bonds is 11. The number of nitrogens with zero attached hydrogens (tertiary/aromatic N) is 6. The van der Waals surface area contributed by atoms with Crippen molar-refractivity contribution in [3.63, 3.8) is 0 Å². The van der Waals surface area contributed by atoms with Crippen molar-refractivity contribution >= 4 is 76.4 Å². The number of aliphatic hydroxyl groups is 5. The number of fused-ring (bicyclic) bond motifs is 12. The van der Waals surface area contributed by atoms with Gasteiger partial charge in [0, 0.05) is 68.9 Å². The van der Waals surface area contributed by atoms with Gasteiger partial charge in [-0.05, 0) is 110 Å². The van der Waals surface area contributed by atoms with Gasteiger partial charge in [-0.2, -0.15) is 0 Å². The zero-order chi connectivity index (χ0) is 79.4. The fraction of sp³-hybridized carbons (Fsp3) is 0.693. The highest BCUT2D eigenvalue weighted by atomic mass is 16.5. The number of hydrogen-bond acceptors (Lipinski definition) is 22. The minimum atomic E-state index is -2.12. The molecular formula is C75H114N16O17. The molecule has 2 aromatic carbocycles. The number of likely N-dealkylation sites (N-methyl/N-ethyl adjacent to an activating group) is 2. The highest BCUT2D eigenvalue weighted by molar-refractivity contribution is 6.01. The third kappa shape index (κ3) is 16.2. The van der Waals surface area contributed by atoms with Gasteiger partial charge >= 0.3 is 0 Å². The Bertz CT molecular complexity index is 3760. The highest BCUT2D eigenvalue weighted by Crippen LogP contribution is 2.53. The van der Waals surface area contributed by atoms with Crippen molar-refractivity contribution in [2.75, 3.05) is 51.2 Å². The van der Waals surface area contributed by atoms with Gasteiger partial charge in [-0.3, -0.25) is 62.8 Å². The van der Waals surface area contributed by atoms with Gasteiger partial charge in [0.05, 0.1) is 37.0 Å². The van der Waals surface area contributed by atoms with Gasteiger partial charge in [-0.15, -0.1) is 0 Å². The van der Waals surface area contributed by atoms with E-state index in [0.29, 0.717) is 41.0 Å². The average Bonchev–Trinajstić information content (AvgIpc) is 1.55. The van der Waals surface area contributed by atoms with Crippen LogP contribution in [-0.2, 0) is 68.7 Å². The van der Waals surface area contributed by atoms with Gasteiger partial charge in [0.25, 0.3) is 11.8 Å². The van der Waals surface area contributed by atoms with Crippen molar-refractivity contribution in [3.05, 3.63) is 47.5 Å². The number of β-amino-alcohol motifs (C(OH)–C–C–N with tert-alkyl or cyclic N) is 1. The Morgan fingerprint density at radius 1 is 0.491 bits per heavy atom. The van der Waals surface area contributed by atoms with Crippen LogP contribution in [0.2, 0.25) is 0 Å². The number of benzene rings is 2. The number of hydrogen-bond donors (Lipinski definition) is 15. The molecule has 8 aliphatic heterocycles. The van der Waals surface area contributed by atoms with E-state index in [-0.39, 0.29) is 62.7 Å². The molecule has 15 N–H and O–H groups in total. The lowest BCUT2D eigenvalue weighted by Gasteiger charge is -2.42. The first kappa shape index (κ1) is 82.3. The first-order valence-corrected chi connectivity index (χ1v) is 38.2. The van der Waals surface area contributed by atoms with Crippen LogP contribution in [0.5, 0.6) is 0 Å². The van der Waals surface area contributed by atoms with Gasteiger partial charge in [0.1, 0.15) is 90.7 Å². The van der Waals surface area contributed by atoms with E-state index in [0.717, 1.165) is 9.91 Å². The molecule has 0 aliphatic carbocycles. The number of nitrogens with one attached hydrogen (secondary N) is 10. The summed E-state index contributed by atoms with van der Waals surface area (Å²) in [5, 5.41) is 86.4. The van der Waals surface area contributed by atoms with Crippen molar-refractivity contribution in [2.24, 2.45) is 35.5 Å². The average molecular weight is 1510 g/mol. The fourth-order valence-electron chi connectivity index (χ4n) is 16.8. The number of hydrazine groups is 2. The van der Waals surface area contributed by atoms with E-state index in [4.69, 9.17) is 4.74 Å². The topological polar surface area (TPSA) is 438 Å². The van der Waals surface area contributed by atoms with Gasteiger partial charge in [-0.25, -0.2) is 15.8 Å². The van der Waals surface area contributed by atoms with Gasteiger partial charge in [0.2, 0.25) is 53.2 Å². The Balaban J connectivity index is 0.994. The zero-order valence-electron chi connectivity index (χ0n) is 64.8. The van der Waals surface area contributed by atoms with Gasteiger partial charge in [0.15, 0.2) is 0 Å². The summed E-state index contributed by atoms with van der Waals surface area (Å²) in [6.45, 7) is 23.3. The Morgan fingerprint density at radius 2 is 0.944 bits per heavy atom. The Hall–Kier alpha value is -8.15. The Labute approximate surface area is 630 Å². The maximum Gasteiger partial charge on any atom is 0.260 e. The van der Waals surface area contributed by atoms with Gasteiger partial charge in [-0.1, -0.05) is 95.2 Å². The second-order valence-electron chi connectivity index (χ2n) is 33.1. The largest absolute Gasteiger partial charge is 0.392 e. The van der Waals surface area contributed by atoms with E-state index >= 15 is 19.2 Å². The van der Waals surface area contributed by atoms with Crippen LogP contribution in [0.3, 0.4) is 0 Å². The second-order valence-corrected chi connectivity index (χ2v) is 33.1. The van der Waals surface area contributed by atoms with Gasteiger partial charge < -0.3 is 87.5 Å². The third-order valence-corrected chi connectivity index (χ3v) is 22.6. The molecule has 0 bridgehead atoms. The minimum Gasteiger partial charge on any atom is -0.392 e. The molecule has 2 unspecified atom stereocenters. The molecule has 11 amide bonds. The van der Waals surface area contributed by atoms with E-state index in [2.05, 4.69) is 53.4 Å². The number of anilines is 2. The highest BCUT2D eigenvalue weighted by Gasteiger charge is 2.63. The molecule has 6 saturated heterocycles. The maximum absolute atomic E-state index is 15.6. The van der Waals surface area contributed by atoms with Crippen LogP contribution in [0, 0.1) is 35.5 Å². The molecule has 33 heteroatoms. The zero-order valence-corrected chi connectivity index (χ0v) is 64.8. The summed E-state index contributed by atoms with van der Waals surface area (Å²) in [5.74, 6) is -10.7. The number of amides is 11. The molecule has 8 aliphatic rings. The normalized spacial score (nSPS) is 33.2. The van der Waals surface area contributed by atoms with Crippen LogP contribution in [-0.4, -0.2) is 264 Å². The summed E-state index contributed by atoms with van der Waals surface area (Å²) in [6.07, 6.45) is -6.62. The summed E-state index contributed by atoms with van der Waals surface area (Å²) in [6, 6.07) is -5.39. The first-order chi connectivity index (χ1) is 50.7. The summed E-state index contributed by atoms with van der Waals surface area (Å²) in [4.78, 5) is 169. The number of carbonyl (C=O) groups is 11. The molecule has 0 aromatic heterocycles. The molecular weight excluding hydrogens is 1400 g/mol. The van der Waals surface area contributed by atoms with Crippen molar-refractivity contribution < 1.29 is 83.0 Å². The summed E-state index contributed by atoms with van der Waals surface area (Å²) in [5.41, 5.74) is 4.20. The molecule has 0 spiro atoms. The third-order valence-electron chi connectivity index (χ3n) is 22.6. The van der Waals surface area contributed by atoms with E-state index in [1.807, 2.05) is 27.7 Å². The summed E-state index contributed by atoms with van der Waals surface area (Å²) < 4.78 is 6.35. The molecule has 6 fully saturated rings. The fourth-order valence-corrected chi connectivity index (χ4v) is 16.8. The van der Waals surface area contributed by atoms with Crippen molar-refractivity contribution in [1.29, 1.82) is 0 Å². The van der Waals surface area contributed by atoms with Crippen LogP contribution in [0.4, 0.5) is 11.4 Å². The standard InChI is InChI=1S/C75H114N16O17/c1-34(2)24-49-61(95)80-51(40(13)92)32-108-33-88-54(65(99)83-56(36(5)6)67(101)87(16)60(39(11)12)71(105)91-53(64(98)79-49)28-44(94)31-77-91)29-74(106)45-26-42(19-21-47(45)81-72(74)88)43-20-22-48-46(27-43)75(107)30-55-66(100)84-57(37(7)8)68(102)86(15)59(38(9)10)70(104)90-52(18-17-23-76-90)63(97)78-50(25-35(3)4)62(96)85-58(41(14)93)69(103)89(55)73(75)82-48/h19-22,26-27,34-41,44,49-60,72-73,76-77,81-82,92-94,106-107H,17-18,23-25,28-33H2,1-16H3,(H,78,97)(H,79,98)(H,80,95)(H,83,99)(H,84,100)(H,85,96)/t40-,41-,44+,49-,50-,51-,52+,53+,54-,55-,56+,57+,58+,59?,60?,72-,73-,74+,75+/m0/s1. The minimum absolute atomic E-state index is 0.0636. The van der Waals surface area contributed by atoms with Crippen molar-refractivity contribution in [1.82, 2.24) is 72.4 Å². The second kappa shape index (κ2) is 32.8. The lowest BCUT2D eigenvalue weighted by molar-refractivity contribution is -0.159. The molecule has 33 nitrogen and oxygen atoms in total. The molecule has 0 radical (unpaired) electrons. The van der Waals surface area contributed by atoms with E-state index in [1.54, 1.807) is 96.7 Å². The predicted octanol–water partition coefficient (Wildman–Crippen LogP) is -1.09. The SMILES string of the molecule is CC(C)C[C@@H]1NC(=O)[C@H]2C[C@@H](O)CNN2C(=O)C(C(C)C)N(C)C(=O)[C@@H](C(C)C)NC(=O)[C@@H]2C[C@@]3(O)c4cc(-c5ccc6c(c5)[C@]5(O)C[C@H]7C(=O)N[C@H](C(C)C)C(=O)N(C)C(C(C)C)C(=O)N8NCCC[C@@H]8C(=O)N[C@@H](CC(C)C)C(=O)N[C@H]([C@H](C)O)C(=O)N7[C@@H]5N6)ccc4N[C@H]3N2COC[C@@H]([C@H](C)O)NC1=O. The van der Waals surface area contributed by atoms with Crippen LogP contribution in [0.1, 0.15) is 153 Å². The molecule has 0 saturated carbocycles. The molecule has 10 rings (SSSR count). The van der Waals surface area contributed by atoms with Crippen molar-refractivity contribution in [3.8, 4) is 11.1 Å². The molecule has 19 atom stereocenters. The number of carbonyl (C=O) groups excluding carboxylic acids is 11. The Kier molecular flexibility index (Phi) is 25.0. The van der Waals surface area contributed by atoms with E-state index in [1.165, 1.54) is 42.8 Å². The molecule has 2 aromatic rings. The Morgan fingerprint density at radius 3 is 1.44 bits per heavy atom. The number of ether oxygens (including phenoxy) is 1. The predicted molar refractivity (Wildman–Crippen MR) is 394 cm³/mol. The van der Waals surface area contributed by atoms with Crippen LogP contribution >= 0.6 is 0 Å². The molecule has 596 valence electrons. The molecule has 8 heterocycles. The lowest BCUT2D eigenvalue weighted by Crippen LogP contribution is -2.68. The van der Waals surface area contributed by atoms with Crippen LogP contribution in [0.25, 0.3) is 11.1 Å². The van der Waals surface area contributed by atoms with Crippen LogP contribution < -0.4 is 53.4 Å². The maximum atomic E-state index is 15.6. The number of aliphatic hydroxyl groups excluding tert-OH is 3.